The van der Waals surface area contributed by atoms with Crippen molar-refractivity contribution >= 4 is 28.4 Å². The van der Waals surface area contributed by atoms with Crippen LogP contribution in [0, 0.1) is 13.8 Å². The average Bonchev–Trinajstić information content (AvgIpc) is 3.31. The Bertz CT molecular complexity index is 1230. The summed E-state index contributed by atoms with van der Waals surface area (Å²) < 4.78 is 6.95. The van der Waals surface area contributed by atoms with E-state index in [2.05, 4.69) is 20.4 Å². The van der Waals surface area contributed by atoms with Gasteiger partial charge in [0.1, 0.15) is 18.5 Å². The van der Waals surface area contributed by atoms with Gasteiger partial charge in [0.15, 0.2) is 0 Å². The summed E-state index contributed by atoms with van der Waals surface area (Å²) in [6.07, 6.45) is 3.05. The lowest BCUT2D eigenvalue weighted by atomic mass is 10.1. The molecule has 2 amide bonds. The van der Waals surface area contributed by atoms with Crippen molar-refractivity contribution in [1.29, 1.82) is 0 Å². The second-order valence-electron chi connectivity index (χ2n) is 6.52. The summed E-state index contributed by atoms with van der Waals surface area (Å²) in [6, 6.07) is 8.43. The number of nitrogens with two attached hydrogens (primary N) is 1. The van der Waals surface area contributed by atoms with Crippen molar-refractivity contribution < 1.29 is 14.0 Å². The number of oxazole rings is 1. The Kier molecular flexibility index (Phi) is 4.55. The van der Waals surface area contributed by atoms with Gasteiger partial charge in [-0.05, 0) is 26.0 Å². The van der Waals surface area contributed by atoms with Crippen molar-refractivity contribution in [3.05, 3.63) is 71.3 Å². The highest BCUT2D eigenvalue weighted by molar-refractivity contribution is 6.10. The number of hydrogen-bond donors (Lipinski definition) is 2. The van der Waals surface area contributed by atoms with Gasteiger partial charge < -0.3 is 15.5 Å². The zero-order valence-electron chi connectivity index (χ0n) is 15.8. The van der Waals surface area contributed by atoms with E-state index in [0.717, 1.165) is 5.69 Å². The number of rotatable bonds is 5. The van der Waals surface area contributed by atoms with Gasteiger partial charge in [-0.25, -0.2) is 9.97 Å². The quantitative estimate of drug-likeness (QED) is 0.538. The number of fused-ring (bicyclic) bond motifs is 1. The van der Waals surface area contributed by atoms with E-state index in [4.69, 9.17) is 10.2 Å². The minimum Gasteiger partial charge on any atom is -0.447 e. The van der Waals surface area contributed by atoms with Crippen LogP contribution in [0.4, 0.5) is 5.69 Å². The minimum atomic E-state index is -0.622. The predicted molar refractivity (Wildman–Crippen MR) is 106 cm³/mol. The number of pyridine rings is 1. The summed E-state index contributed by atoms with van der Waals surface area (Å²) in [4.78, 5) is 33.2. The fraction of sp³-hybridized carbons (Fsp3) is 0.150. The molecular formula is C20H18N6O3. The maximum absolute atomic E-state index is 12.9. The third-order valence-corrected chi connectivity index (χ3v) is 4.60. The van der Waals surface area contributed by atoms with Crippen LogP contribution in [0.1, 0.15) is 38.1 Å². The monoisotopic (exact) mass is 390 g/mol. The molecule has 4 aromatic rings. The van der Waals surface area contributed by atoms with E-state index in [1.54, 1.807) is 42.1 Å². The second kappa shape index (κ2) is 7.19. The van der Waals surface area contributed by atoms with Gasteiger partial charge in [-0.3, -0.25) is 14.3 Å². The van der Waals surface area contributed by atoms with E-state index in [0.29, 0.717) is 34.7 Å². The van der Waals surface area contributed by atoms with Crippen molar-refractivity contribution in [1.82, 2.24) is 19.7 Å². The molecule has 0 fully saturated rings. The van der Waals surface area contributed by atoms with Crippen LogP contribution in [0.25, 0.3) is 10.9 Å². The molecule has 3 N–H and O–H groups in total. The first-order valence-electron chi connectivity index (χ1n) is 8.87. The van der Waals surface area contributed by atoms with Crippen LogP contribution in [0.15, 0.2) is 47.2 Å². The van der Waals surface area contributed by atoms with E-state index in [9.17, 15) is 9.59 Å². The van der Waals surface area contributed by atoms with Crippen molar-refractivity contribution in [2.75, 3.05) is 5.32 Å². The lowest BCUT2D eigenvalue weighted by Gasteiger charge is -2.09. The summed E-state index contributed by atoms with van der Waals surface area (Å²) in [5.41, 5.74) is 8.29. The number of carbonyl (C=O) groups excluding carboxylic acids is 2. The van der Waals surface area contributed by atoms with E-state index < -0.39 is 11.8 Å². The molecule has 29 heavy (non-hydrogen) atoms. The molecular weight excluding hydrogens is 372 g/mol. The summed E-state index contributed by atoms with van der Waals surface area (Å²) in [5.74, 6) is -0.570. The van der Waals surface area contributed by atoms with E-state index in [-0.39, 0.29) is 11.3 Å². The normalized spacial score (nSPS) is 11.0. The highest BCUT2D eigenvalue weighted by Crippen LogP contribution is 2.23. The molecule has 0 radical (unpaired) electrons. The van der Waals surface area contributed by atoms with Crippen LogP contribution < -0.4 is 11.1 Å². The van der Waals surface area contributed by atoms with Crippen LogP contribution in [0.2, 0.25) is 0 Å². The first-order chi connectivity index (χ1) is 13.9. The number of nitrogens with zero attached hydrogens (tertiary/aromatic N) is 4. The van der Waals surface area contributed by atoms with Crippen LogP contribution in [0.3, 0.4) is 0 Å². The number of anilines is 1. The molecule has 3 aromatic heterocycles. The number of primary amides is 1. The summed E-state index contributed by atoms with van der Waals surface area (Å²) in [7, 11) is 0. The van der Waals surface area contributed by atoms with Crippen molar-refractivity contribution in [2.24, 2.45) is 5.73 Å². The molecule has 0 aliphatic rings. The third kappa shape index (κ3) is 3.45. The Morgan fingerprint density at radius 2 is 2.03 bits per heavy atom. The number of carbonyl (C=O) groups is 2. The number of nitrogens with one attached hydrogen (secondary N) is 1. The molecule has 0 saturated heterocycles. The van der Waals surface area contributed by atoms with Crippen LogP contribution in [0.5, 0.6) is 0 Å². The van der Waals surface area contributed by atoms with Gasteiger partial charge in [-0.15, -0.1) is 0 Å². The lowest BCUT2D eigenvalue weighted by Crippen LogP contribution is -2.18. The Balaban J connectivity index is 1.66. The number of amides is 2. The van der Waals surface area contributed by atoms with E-state index in [1.807, 2.05) is 6.92 Å². The highest BCUT2D eigenvalue weighted by atomic mass is 16.3. The number of hydrogen-bond acceptors (Lipinski definition) is 6. The van der Waals surface area contributed by atoms with Gasteiger partial charge in [-0.2, -0.15) is 5.10 Å². The van der Waals surface area contributed by atoms with Crippen molar-refractivity contribution in [3.8, 4) is 0 Å². The molecule has 0 saturated carbocycles. The van der Waals surface area contributed by atoms with Gasteiger partial charge in [0.25, 0.3) is 5.91 Å². The molecule has 9 heteroatoms. The number of aromatic nitrogens is 4. The lowest BCUT2D eigenvalue weighted by molar-refractivity contribution is 0.100. The Morgan fingerprint density at radius 1 is 1.24 bits per heavy atom. The fourth-order valence-electron chi connectivity index (χ4n) is 3.16. The highest BCUT2D eigenvalue weighted by Gasteiger charge is 2.19. The molecule has 9 nitrogen and oxygen atoms in total. The first kappa shape index (κ1) is 18.4. The smallest absolute Gasteiger partial charge is 0.274 e. The summed E-state index contributed by atoms with van der Waals surface area (Å²) in [5, 5.41) is 7.87. The zero-order valence-corrected chi connectivity index (χ0v) is 15.8. The maximum atomic E-state index is 12.9. The fourth-order valence-corrected chi connectivity index (χ4v) is 3.16. The number of aryl methyl sites for hydroxylation is 1. The van der Waals surface area contributed by atoms with Crippen LogP contribution >= 0.6 is 0 Å². The summed E-state index contributed by atoms with van der Waals surface area (Å²) in [6.45, 7) is 3.97. The van der Waals surface area contributed by atoms with Crippen LogP contribution in [-0.4, -0.2) is 31.6 Å². The Morgan fingerprint density at radius 3 is 2.76 bits per heavy atom. The molecule has 0 aliphatic carbocycles. The van der Waals surface area contributed by atoms with Crippen molar-refractivity contribution in [3.63, 3.8) is 0 Å². The molecule has 0 unspecified atom stereocenters. The number of benzene rings is 1. The first-order valence-corrected chi connectivity index (χ1v) is 8.87. The third-order valence-electron chi connectivity index (χ3n) is 4.60. The molecule has 0 atom stereocenters. The van der Waals surface area contributed by atoms with Gasteiger partial charge in [-0.1, -0.05) is 18.2 Å². The van der Waals surface area contributed by atoms with Gasteiger partial charge in [0.2, 0.25) is 11.8 Å². The second-order valence-corrected chi connectivity index (χ2v) is 6.52. The van der Waals surface area contributed by atoms with Gasteiger partial charge in [0, 0.05) is 5.39 Å². The zero-order chi connectivity index (χ0) is 20.5. The Hall–Kier alpha value is -4.01. The maximum Gasteiger partial charge on any atom is 0.274 e. The van der Waals surface area contributed by atoms with Crippen LogP contribution in [-0.2, 0) is 6.54 Å². The largest absolute Gasteiger partial charge is 0.447 e. The number of para-hydroxylation sites is 1. The van der Waals surface area contributed by atoms with E-state index in [1.165, 1.54) is 12.3 Å². The minimum absolute atomic E-state index is 0.0942. The van der Waals surface area contributed by atoms with E-state index >= 15 is 0 Å². The van der Waals surface area contributed by atoms with Gasteiger partial charge >= 0.3 is 0 Å². The molecule has 0 aliphatic heterocycles. The topological polar surface area (TPSA) is 129 Å². The Labute approximate surface area is 165 Å². The standard InChI is InChI=1S/C20H18N6O3/c1-11-18(12(2)26(25-11)10-17-22-7-8-29-17)24-20(28)16-9-14(19(21)27)13-5-3-4-6-15(13)23-16/h3-9H,10H2,1-2H3,(H2,21,27)(H,24,28). The molecule has 0 spiro atoms. The molecule has 1 aromatic carbocycles. The average molecular weight is 390 g/mol. The molecule has 0 bridgehead atoms. The molecule has 146 valence electrons. The molecule has 3 heterocycles. The SMILES string of the molecule is Cc1nn(Cc2ncco2)c(C)c1NC(=O)c1cc(C(N)=O)c2ccccc2n1. The summed E-state index contributed by atoms with van der Waals surface area (Å²) >= 11 is 0. The molecule has 4 rings (SSSR count). The predicted octanol–water partition coefficient (Wildman–Crippen LogP) is 2.44. The van der Waals surface area contributed by atoms with Crippen molar-refractivity contribution in [2.45, 2.75) is 20.4 Å². The van der Waals surface area contributed by atoms with Gasteiger partial charge in [0.05, 0.1) is 34.4 Å².